The second kappa shape index (κ2) is 6.09. The van der Waals surface area contributed by atoms with Crippen molar-refractivity contribution in [1.29, 1.82) is 0 Å². The molecule has 0 radical (unpaired) electrons. The van der Waals surface area contributed by atoms with Crippen LogP contribution in [0.4, 0.5) is 0 Å². The first-order valence-corrected chi connectivity index (χ1v) is 8.60. The number of hydrogen-bond acceptors (Lipinski definition) is 4. The van der Waals surface area contributed by atoms with Crippen molar-refractivity contribution >= 4 is 33.6 Å². The first-order chi connectivity index (χ1) is 11.7. The van der Waals surface area contributed by atoms with Crippen LogP contribution in [-0.4, -0.2) is 15.0 Å². The molecule has 1 atom stereocenters. The van der Waals surface area contributed by atoms with E-state index in [9.17, 15) is 4.79 Å². The summed E-state index contributed by atoms with van der Waals surface area (Å²) in [6.07, 6.45) is 1.81. The summed E-state index contributed by atoms with van der Waals surface area (Å²) in [5.41, 5.74) is 1.60. The van der Waals surface area contributed by atoms with Crippen LogP contribution >= 0.6 is 11.8 Å². The molecule has 4 nitrogen and oxygen atoms in total. The van der Waals surface area contributed by atoms with Gasteiger partial charge in [-0.2, -0.15) is 0 Å². The lowest BCUT2D eigenvalue weighted by atomic mass is 10.2. The molecule has 0 aliphatic heterocycles. The molecular weight excluding hydrogens is 318 g/mol. The zero-order valence-electron chi connectivity index (χ0n) is 13.1. The Labute approximate surface area is 143 Å². The summed E-state index contributed by atoms with van der Waals surface area (Å²) in [4.78, 5) is 25.3. The maximum absolute atomic E-state index is 12.3. The lowest BCUT2D eigenvalue weighted by Crippen LogP contribution is -2.12. The molecule has 0 spiro atoms. The molecule has 0 bridgehead atoms. The fraction of sp³-hybridized carbons (Fsp3) is 0.105. The summed E-state index contributed by atoms with van der Waals surface area (Å²) in [5, 5.41) is 1.75. The highest BCUT2D eigenvalue weighted by Crippen LogP contribution is 2.36. The minimum atomic E-state index is -0.0948. The van der Waals surface area contributed by atoms with E-state index in [-0.39, 0.29) is 10.8 Å². The average Bonchev–Trinajstić information content (AvgIpc) is 2.62. The van der Waals surface area contributed by atoms with Gasteiger partial charge in [0, 0.05) is 16.5 Å². The lowest BCUT2D eigenvalue weighted by molar-refractivity contribution is 0.923. The SMILES string of the molecule is C[C@H](Sc1ccnc2ccccc12)c1nc2ccccc2c(=O)[nH]1. The third-order valence-corrected chi connectivity index (χ3v) is 5.12. The molecular formula is C19H15N3OS. The van der Waals surface area contributed by atoms with Gasteiger partial charge in [0.05, 0.1) is 21.7 Å². The third-order valence-electron chi connectivity index (χ3n) is 3.93. The maximum atomic E-state index is 12.3. The van der Waals surface area contributed by atoms with Crippen molar-refractivity contribution in [2.24, 2.45) is 0 Å². The van der Waals surface area contributed by atoms with Crippen molar-refractivity contribution in [2.75, 3.05) is 0 Å². The van der Waals surface area contributed by atoms with Gasteiger partial charge in [0.1, 0.15) is 5.82 Å². The van der Waals surface area contributed by atoms with Crippen molar-refractivity contribution in [1.82, 2.24) is 15.0 Å². The van der Waals surface area contributed by atoms with E-state index >= 15 is 0 Å². The summed E-state index contributed by atoms with van der Waals surface area (Å²) in [6, 6.07) is 17.5. The molecule has 4 rings (SSSR count). The van der Waals surface area contributed by atoms with Gasteiger partial charge in [0.25, 0.3) is 5.56 Å². The summed E-state index contributed by atoms with van der Waals surface area (Å²) >= 11 is 1.67. The van der Waals surface area contributed by atoms with E-state index in [1.807, 2.05) is 55.6 Å². The van der Waals surface area contributed by atoms with Gasteiger partial charge in [-0.3, -0.25) is 9.78 Å². The molecule has 0 saturated heterocycles. The number of benzene rings is 2. The summed E-state index contributed by atoms with van der Waals surface area (Å²) < 4.78 is 0. The normalized spacial score (nSPS) is 12.5. The van der Waals surface area contributed by atoms with Gasteiger partial charge in [-0.1, -0.05) is 30.3 Å². The van der Waals surface area contributed by atoms with Gasteiger partial charge in [-0.05, 0) is 31.2 Å². The highest BCUT2D eigenvalue weighted by Gasteiger charge is 2.14. The van der Waals surface area contributed by atoms with Crippen molar-refractivity contribution in [2.45, 2.75) is 17.1 Å². The Balaban J connectivity index is 1.74. The second-order valence-corrected chi connectivity index (χ2v) is 6.94. The van der Waals surface area contributed by atoms with E-state index in [0.717, 1.165) is 21.3 Å². The Hall–Kier alpha value is -2.66. The summed E-state index contributed by atoms with van der Waals surface area (Å²) in [7, 11) is 0. The van der Waals surface area contributed by atoms with E-state index in [0.29, 0.717) is 11.2 Å². The molecule has 2 aromatic heterocycles. The minimum absolute atomic E-state index is 0.0214. The van der Waals surface area contributed by atoms with Crippen LogP contribution in [0, 0.1) is 0 Å². The van der Waals surface area contributed by atoms with Crippen LogP contribution in [0.2, 0.25) is 0 Å². The number of para-hydroxylation sites is 2. The second-order valence-electron chi connectivity index (χ2n) is 5.55. The number of hydrogen-bond donors (Lipinski definition) is 1. The van der Waals surface area contributed by atoms with Gasteiger partial charge in [0.2, 0.25) is 0 Å². The molecule has 2 heterocycles. The third kappa shape index (κ3) is 2.67. The number of pyridine rings is 1. The minimum Gasteiger partial charge on any atom is -0.309 e. The molecule has 0 saturated carbocycles. The molecule has 0 fully saturated rings. The van der Waals surface area contributed by atoms with Crippen molar-refractivity contribution in [3.8, 4) is 0 Å². The van der Waals surface area contributed by atoms with Crippen LogP contribution in [-0.2, 0) is 0 Å². The van der Waals surface area contributed by atoms with Crippen LogP contribution in [0.25, 0.3) is 21.8 Å². The molecule has 5 heteroatoms. The van der Waals surface area contributed by atoms with Crippen LogP contribution in [0.3, 0.4) is 0 Å². The van der Waals surface area contributed by atoms with Gasteiger partial charge in [-0.15, -0.1) is 11.8 Å². The number of nitrogens with one attached hydrogen (secondary N) is 1. The molecule has 118 valence electrons. The van der Waals surface area contributed by atoms with Crippen LogP contribution in [0.5, 0.6) is 0 Å². The number of H-pyrrole nitrogens is 1. The molecule has 24 heavy (non-hydrogen) atoms. The quantitative estimate of drug-likeness (QED) is 0.567. The first kappa shape index (κ1) is 14.9. The van der Waals surface area contributed by atoms with Gasteiger partial charge in [-0.25, -0.2) is 4.98 Å². The molecule has 0 aliphatic carbocycles. The predicted molar refractivity (Wildman–Crippen MR) is 98.4 cm³/mol. The molecule has 4 aromatic rings. The molecule has 0 amide bonds. The number of aromatic amines is 1. The Morgan fingerprint density at radius 2 is 1.67 bits per heavy atom. The molecule has 0 unspecified atom stereocenters. The van der Waals surface area contributed by atoms with Crippen LogP contribution in [0.15, 0.2) is 70.5 Å². The fourth-order valence-electron chi connectivity index (χ4n) is 2.72. The van der Waals surface area contributed by atoms with E-state index in [1.54, 1.807) is 17.8 Å². The smallest absolute Gasteiger partial charge is 0.258 e. The van der Waals surface area contributed by atoms with Crippen LogP contribution < -0.4 is 5.56 Å². The van der Waals surface area contributed by atoms with E-state index in [1.165, 1.54) is 0 Å². The monoisotopic (exact) mass is 333 g/mol. The summed E-state index contributed by atoms with van der Waals surface area (Å²) in [5.74, 6) is 0.685. The molecule has 1 N–H and O–H groups in total. The van der Waals surface area contributed by atoms with Crippen molar-refractivity contribution < 1.29 is 0 Å². The van der Waals surface area contributed by atoms with E-state index in [4.69, 9.17) is 0 Å². The highest BCUT2D eigenvalue weighted by atomic mass is 32.2. The van der Waals surface area contributed by atoms with Gasteiger partial charge in [0.15, 0.2) is 0 Å². The van der Waals surface area contributed by atoms with Crippen LogP contribution in [0.1, 0.15) is 18.0 Å². The Bertz CT molecular complexity index is 1090. The Morgan fingerprint density at radius 3 is 2.50 bits per heavy atom. The molecule has 2 aromatic carbocycles. The van der Waals surface area contributed by atoms with Crippen molar-refractivity contribution in [3.63, 3.8) is 0 Å². The standard InChI is InChI=1S/C19H15N3OS/c1-12(18-21-16-9-5-3-7-14(16)19(23)22-18)24-17-10-11-20-15-8-4-2-6-13(15)17/h2-12H,1H3,(H,21,22,23)/t12-/m0/s1. The van der Waals surface area contributed by atoms with Crippen molar-refractivity contribution in [3.05, 3.63) is 77.0 Å². The Morgan fingerprint density at radius 1 is 0.958 bits per heavy atom. The van der Waals surface area contributed by atoms with E-state index < -0.39 is 0 Å². The molecule has 0 aliphatic rings. The predicted octanol–water partition coefficient (Wildman–Crippen LogP) is 4.32. The van der Waals surface area contributed by atoms with E-state index in [2.05, 4.69) is 21.0 Å². The fourth-order valence-corrected chi connectivity index (χ4v) is 3.76. The number of fused-ring (bicyclic) bond motifs is 2. The zero-order valence-corrected chi connectivity index (χ0v) is 13.9. The number of thioether (sulfide) groups is 1. The average molecular weight is 333 g/mol. The largest absolute Gasteiger partial charge is 0.309 e. The highest BCUT2D eigenvalue weighted by molar-refractivity contribution is 7.99. The number of nitrogens with zero attached hydrogens (tertiary/aromatic N) is 2. The summed E-state index contributed by atoms with van der Waals surface area (Å²) in [6.45, 7) is 2.05. The Kier molecular flexibility index (Phi) is 3.78. The maximum Gasteiger partial charge on any atom is 0.258 e. The number of aromatic nitrogens is 3. The topological polar surface area (TPSA) is 58.6 Å². The van der Waals surface area contributed by atoms with Gasteiger partial charge >= 0.3 is 0 Å². The van der Waals surface area contributed by atoms with Gasteiger partial charge < -0.3 is 4.98 Å². The zero-order chi connectivity index (χ0) is 16.5. The lowest BCUT2D eigenvalue weighted by Gasteiger charge is -2.12. The first-order valence-electron chi connectivity index (χ1n) is 7.72. The number of rotatable bonds is 3.